The molecule has 0 saturated carbocycles. The second-order valence-electron chi connectivity index (χ2n) is 7.65. The molecule has 1 heteroatoms. The lowest BCUT2D eigenvalue weighted by Crippen LogP contribution is -2.11. The molecule has 24 heavy (non-hydrogen) atoms. The Morgan fingerprint density at radius 2 is 1.50 bits per heavy atom. The Balaban J connectivity index is 1.89. The van der Waals surface area contributed by atoms with Crippen LogP contribution in [-0.4, -0.2) is 5.11 Å². The fraction of sp³-hybridized carbons (Fsp3) is 0.217. The maximum Gasteiger partial charge on any atom is 0.119 e. The van der Waals surface area contributed by atoms with E-state index < -0.39 is 0 Å². The van der Waals surface area contributed by atoms with Crippen molar-refractivity contribution in [1.29, 1.82) is 0 Å². The van der Waals surface area contributed by atoms with E-state index in [0.717, 1.165) is 12.0 Å². The van der Waals surface area contributed by atoms with Crippen molar-refractivity contribution < 1.29 is 5.11 Å². The highest BCUT2D eigenvalue weighted by atomic mass is 16.3. The van der Waals surface area contributed by atoms with Gasteiger partial charge in [0.2, 0.25) is 0 Å². The number of hydrogen-bond acceptors (Lipinski definition) is 1. The zero-order chi connectivity index (χ0) is 16.9. The fourth-order valence-corrected chi connectivity index (χ4v) is 3.73. The highest BCUT2D eigenvalue weighted by Crippen LogP contribution is 2.42. The van der Waals surface area contributed by atoms with Gasteiger partial charge in [0, 0.05) is 0 Å². The second kappa shape index (κ2) is 5.24. The number of fused-ring (bicyclic) bond motifs is 3. The minimum atomic E-state index is -0.0823. The van der Waals surface area contributed by atoms with E-state index in [1.165, 1.54) is 33.4 Å². The molecule has 0 unspecified atom stereocenters. The third-order valence-electron chi connectivity index (χ3n) is 4.97. The van der Waals surface area contributed by atoms with Crippen LogP contribution in [0.3, 0.4) is 0 Å². The summed E-state index contributed by atoms with van der Waals surface area (Å²) in [5.41, 5.74) is 8.85. The van der Waals surface area contributed by atoms with Gasteiger partial charge in [0.05, 0.1) is 0 Å². The maximum absolute atomic E-state index is 10.3. The van der Waals surface area contributed by atoms with Crippen molar-refractivity contribution >= 4 is 0 Å². The molecule has 4 rings (SSSR count). The topological polar surface area (TPSA) is 20.2 Å². The van der Waals surface area contributed by atoms with Crippen molar-refractivity contribution in [3.05, 3.63) is 77.4 Å². The van der Waals surface area contributed by atoms with Crippen LogP contribution in [0.2, 0.25) is 0 Å². The van der Waals surface area contributed by atoms with Crippen molar-refractivity contribution in [2.24, 2.45) is 0 Å². The van der Waals surface area contributed by atoms with Crippen LogP contribution in [0.25, 0.3) is 22.3 Å². The van der Waals surface area contributed by atoms with Gasteiger partial charge < -0.3 is 5.11 Å². The number of hydrogen-bond donors (Lipinski definition) is 1. The molecule has 0 fully saturated rings. The van der Waals surface area contributed by atoms with Gasteiger partial charge in [-0.15, -0.1) is 0 Å². The molecule has 3 aromatic rings. The first-order valence-electron chi connectivity index (χ1n) is 8.49. The van der Waals surface area contributed by atoms with Gasteiger partial charge in [-0.3, -0.25) is 0 Å². The Bertz CT molecular complexity index is 929. The number of benzene rings is 3. The smallest absolute Gasteiger partial charge is 0.119 e. The largest absolute Gasteiger partial charge is 0.508 e. The fourth-order valence-electron chi connectivity index (χ4n) is 3.73. The van der Waals surface area contributed by atoms with Crippen molar-refractivity contribution in [2.45, 2.75) is 32.6 Å². The molecular formula is C23H22O. The zero-order valence-corrected chi connectivity index (χ0v) is 14.4. The average Bonchev–Trinajstić information content (AvgIpc) is 2.93. The molecule has 0 radical (unpaired) electrons. The molecule has 1 aliphatic rings. The van der Waals surface area contributed by atoms with Gasteiger partial charge in [-0.2, -0.15) is 0 Å². The van der Waals surface area contributed by atoms with Gasteiger partial charge in [-0.1, -0.05) is 69.3 Å². The van der Waals surface area contributed by atoms with Crippen molar-refractivity contribution in [2.75, 3.05) is 0 Å². The molecule has 1 N–H and O–H groups in total. The average molecular weight is 314 g/mol. The molecule has 1 nitrogen and oxygen atoms in total. The normalized spacial score (nSPS) is 12.8. The number of phenolic OH excluding ortho intramolecular Hbond substituents is 1. The SMILES string of the molecule is CC(C)(C)c1cc(-c2cccc3c2Cc2ccccc2-3)ccc1O. The Morgan fingerprint density at radius 3 is 2.29 bits per heavy atom. The lowest BCUT2D eigenvalue weighted by Gasteiger charge is -2.22. The van der Waals surface area contributed by atoms with Crippen molar-refractivity contribution in [3.8, 4) is 28.0 Å². The monoisotopic (exact) mass is 314 g/mol. The molecule has 0 heterocycles. The highest BCUT2D eigenvalue weighted by Gasteiger charge is 2.23. The number of rotatable bonds is 1. The third-order valence-corrected chi connectivity index (χ3v) is 4.97. The van der Waals surface area contributed by atoms with Gasteiger partial charge in [-0.05, 0) is 62.9 Å². The molecule has 120 valence electrons. The first kappa shape index (κ1) is 15.0. The van der Waals surface area contributed by atoms with Crippen LogP contribution in [0.5, 0.6) is 5.75 Å². The van der Waals surface area contributed by atoms with E-state index in [2.05, 4.69) is 69.3 Å². The molecule has 0 aliphatic heterocycles. The molecule has 0 aromatic heterocycles. The summed E-state index contributed by atoms with van der Waals surface area (Å²) in [6.07, 6.45) is 0.980. The number of aromatic hydroxyl groups is 1. The van der Waals surface area contributed by atoms with Crippen molar-refractivity contribution in [3.63, 3.8) is 0 Å². The molecule has 0 bridgehead atoms. The first-order valence-corrected chi connectivity index (χ1v) is 8.49. The molecule has 3 aromatic carbocycles. The first-order chi connectivity index (χ1) is 11.4. The summed E-state index contributed by atoms with van der Waals surface area (Å²) in [5.74, 6) is 0.377. The molecule has 1 aliphatic carbocycles. The lowest BCUT2D eigenvalue weighted by molar-refractivity contribution is 0.447. The quantitative estimate of drug-likeness (QED) is 0.462. The molecule has 0 amide bonds. The minimum absolute atomic E-state index is 0.0823. The van der Waals surface area contributed by atoms with E-state index in [0.29, 0.717) is 5.75 Å². The van der Waals surface area contributed by atoms with Gasteiger partial charge in [0.15, 0.2) is 0 Å². The minimum Gasteiger partial charge on any atom is -0.508 e. The van der Waals surface area contributed by atoms with Crippen LogP contribution >= 0.6 is 0 Å². The van der Waals surface area contributed by atoms with E-state index in [-0.39, 0.29) is 5.41 Å². The van der Waals surface area contributed by atoms with Crippen LogP contribution in [0.4, 0.5) is 0 Å². The molecule has 0 spiro atoms. The standard InChI is InChI=1S/C23H22O/c1-23(2,3)21-14-16(11-12-22(21)24)18-9-6-10-19-17-8-5-4-7-15(17)13-20(18)19/h4-12,14,24H,13H2,1-3H3. The van der Waals surface area contributed by atoms with Crippen LogP contribution in [0.15, 0.2) is 60.7 Å². The Morgan fingerprint density at radius 1 is 0.792 bits per heavy atom. The van der Waals surface area contributed by atoms with E-state index in [4.69, 9.17) is 0 Å². The van der Waals surface area contributed by atoms with Gasteiger partial charge in [-0.25, -0.2) is 0 Å². The summed E-state index contributed by atoms with van der Waals surface area (Å²) in [6, 6.07) is 21.2. The van der Waals surface area contributed by atoms with Crippen LogP contribution in [0.1, 0.15) is 37.5 Å². The van der Waals surface area contributed by atoms with E-state index in [1.54, 1.807) is 0 Å². The molecule has 0 saturated heterocycles. The lowest BCUT2D eigenvalue weighted by atomic mass is 9.84. The summed E-state index contributed by atoms with van der Waals surface area (Å²) >= 11 is 0. The Labute approximate surface area is 143 Å². The second-order valence-corrected chi connectivity index (χ2v) is 7.65. The van der Waals surface area contributed by atoms with Gasteiger partial charge in [0.25, 0.3) is 0 Å². The number of phenols is 1. The van der Waals surface area contributed by atoms with E-state index in [9.17, 15) is 5.11 Å². The third kappa shape index (κ3) is 2.32. The van der Waals surface area contributed by atoms with Crippen LogP contribution in [-0.2, 0) is 11.8 Å². The van der Waals surface area contributed by atoms with Gasteiger partial charge >= 0.3 is 0 Å². The summed E-state index contributed by atoms with van der Waals surface area (Å²) in [6.45, 7) is 6.41. The predicted octanol–water partition coefficient (Wildman–Crippen LogP) is 5.93. The van der Waals surface area contributed by atoms with Crippen molar-refractivity contribution in [1.82, 2.24) is 0 Å². The van der Waals surface area contributed by atoms with Crippen LogP contribution < -0.4 is 0 Å². The van der Waals surface area contributed by atoms with E-state index >= 15 is 0 Å². The molecular weight excluding hydrogens is 292 g/mol. The summed E-state index contributed by atoms with van der Waals surface area (Å²) in [7, 11) is 0. The molecule has 0 atom stereocenters. The zero-order valence-electron chi connectivity index (χ0n) is 14.4. The summed E-state index contributed by atoms with van der Waals surface area (Å²) in [4.78, 5) is 0. The summed E-state index contributed by atoms with van der Waals surface area (Å²) < 4.78 is 0. The predicted molar refractivity (Wildman–Crippen MR) is 100 cm³/mol. The maximum atomic E-state index is 10.3. The van der Waals surface area contributed by atoms with Crippen LogP contribution in [0, 0.1) is 0 Å². The Hall–Kier alpha value is -2.54. The summed E-state index contributed by atoms with van der Waals surface area (Å²) in [5, 5.41) is 10.3. The highest BCUT2D eigenvalue weighted by molar-refractivity contribution is 5.85. The van der Waals surface area contributed by atoms with Gasteiger partial charge in [0.1, 0.15) is 5.75 Å². The van der Waals surface area contributed by atoms with E-state index in [1.807, 2.05) is 12.1 Å². The Kier molecular flexibility index (Phi) is 3.28.